The van der Waals surface area contributed by atoms with E-state index in [1.807, 2.05) is 0 Å². The van der Waals surface area contributed by atoms with Crippen molar-refractivity contribution >= 4 is 11.6 Å². The zero-order valence-corrected chi connectivity index (χ0v) is 13.3. The van der Waals surface area contributed by atoms with E-state index in [-0.39, 0.29) is 30.0 Å². The fourth-order valence-corrected chi connectivity index (χ4v) is 3.03. The smallest absolute Gasteiger partial charge is 0.231 e. The third-order valence-electron chi connectivity index (χ3n) is 4.16. The van der Waals surface area contributed by atoms with Gasteiger partial charge in [-0.15, -0.1) is 0 Å². The van der Waals surface area contributed by atoms with E-state index in [0.717, 1.165) is 0 Å². The summed E-state index contributed by atoms with van der Waals surface area (Å²) in [7, 11) is 0. The van der Waals surface area contributed by atoms with Crippen LogP contribution in [0, 0.1) is 11.6 Å². The number of anilines is 1. The summed E-state index contributed by atoms with van der Waals surface area (Å²) in [5.41, 5.74) is 1.14. The van der Waals surface area contributed by atoms with Crippen molar-refractivity contribution in [2.45, 2.75) is 25.3 Å². The van der Waals surface area contributed by atoms with Gasteiger partial charge < -0.3 is 9.64 Å². The summed E-state index contributed by atoms with van der Waals surface area (Å²) in [5, 5.41) is 0. The number of ether oxygens (including phenoxy) is 1. The second-order valence-electron chi connectivity index (χ2n) is 5.89. The lowest BCUT2D eigenvalue weighted by Crippen LogP contribution is -2.44. The van der Waals surface area contributed by atoms with E-state index in [1.54, 1.807) is 29.2 Å². The molecule has 0 aliphatic carbocycles. The van der Waals surface area contributed by atoms with Crippen LogP contribution in [0.5, 0.6) is 0 Å². The van der Waals surface area contributed by atoms with E-state index >= 15 is 0 Å². The van der Waals surface area contributed by atoms with Gasteiger partial charge in [0.1, 0.15) is 11.6 Å². The molecule has 3 nitrogen and oxygen atoms in total. The Morgan fingerprint density at radius 3 is 2.38 bits per heavy atom. The Morgan fingerprint density at radius 2 is 1.71 bits per heavy atom. The number of nitrogens with zero attached hydrogens (tertiary/aromatic N) is 1. The van der Waals surface area contributed by atoms with Gasteiger partial charge >= 0.3 is 0 Å². The van der Waals surface area contributed by atoms with Gasteiger partial charge in [-0.25, -0.2) is 8.78 Å². The molecule has 1 aliphatic heterocycles. The van der Waals surface area contributed by atoms with Crippen molar-refractivity contribution in [3.8, 4) is 0 Å². The number of rotatable bonds is 4. The molecule has 1 aliphatic rings. The van der Waals surface area contributed by atoms with E-state index in [0.29, 0.717) is 37.3 Å². The Hall–Kier alpha value is -2.27. The standard InChI is InChI=1S/C19H19F2NO2/c20-15-4-1-3-14(11-15)12-19(23)22(17-7-9-24-10-8-17)18-6-2-5-16(21)13-18/h1-6,11,13,17H,7-10,12H2. The average molecular weight is 331 g/mol. The maximum absolute atomic E-state index is 13.6. The van der Waals surface area contributed by atoms with Crippen LogP contribution < -0.4 is 4.90 Å². The highest BCUT2D eigenvalue weighted by Gasteiger charge is 2.27. The van der Waals surface area contributed by atoms with Gasteiger partial charge in [0.05, 0.1) is 6.42 Å². The lowest BCUT2D eigenvalue weighted by atomic mass is 10.0. The molecule has 5 heteroatoms. The molecule has 3 rings (SSSR count). The van der Waals surface area contributed by atoms with Gasteiger partial charge in [-0.3, -0.25) is 4.79 Å². The molecule has 0 spiro atoms. The fourth-order valence-electron chi connectivity index (χ4n) is 3.03. The van der Waals surface area contributed by atoms with Crippen LogP contribution in [0.1, 0.15) is 18.4 Å². The zero-order chi connectivity index (χ0) is 16.9. The molecule has 24 heavy (non-hydrogen) atoms. The average Bonchev–Trinajstić information content (AvgIpc) is 2.56. The minimum absolute atomic E-state index is 0.0402. The lowest BCUT2D eigenvalue weighted by molar-refractivity contribution is -0.118. The summed E-state index contributed by atoms with van der Waals surface area (Å²) < 4.78 is 32.3. The quantitative estimate of drug-likeness (QED) is 0.854. The zero-order valence-electron chi connectivity index (χ0n) is 13.3. The van der Waals surface area contributed by atoms with Gasteiger partial charge in [-0.2, -0.15) is 0 Å². The first kappa shape index (κ1) is 16.6. The van der Waals surface area contributed by atoms with Crippen molar-refractivity contribution in [3.63, 3.8) is 0 Å². The van der Waals surface area contributed by atoms with Crippen LogP contribution in [0.2, 0.25) is 0 Å². The highest BCUT2D eigenvalue weighted by Crippen LogP contribution is 2.25. The number of hydrogen-bond acceptors (Lipinski definition) is 2. The van der Waals surface area contributed by atoms with E-state index in [2.05, 4.69) is 0 Å². The van der Waals surface area contributed by atoms with Crippen molar-refractivity contribution in [3.05, 3.63) is 65.7 Å². The van der Waals surface area contributed by atoms with Crippen LogP contribution in [-0.2, 0) is 16.0 Å². The number of carbonyl (C=O) groups is 1. The molecular formula is C19H19F2NO2. The number of benzene rings is 2. The van der Waals surface area contributed by atoms with Crippen molar-refractivity contribution in [1.29, 1.82) is 0 Å². The van der Waals surface area contributed by atoms with Gasteiger partial charge in [0.2, 0.25) is 5.91 Å². The SMILES string of the molecule is O=C(Cc1cccc(F)c1)N(c1cccc(F)c1)C1CCOCC1. The Bertz CT molecular complexity index is 714. The third kappa shape index (κ3) is 3.97. The van der Waals surface area contributed by atoms with Crippen LogP contribution in [-0.4, -0.2) is 25.2 Å². The predicted octanol–water partition coefficient (Wildman–Crippen LogP) is 3.72. The maximum Gasteiger partial charge on any atom is 0.231 e. The second-order valence-corrected chi connectivity index (χ2v) is 5.89. The predicted molar refractivity (Wildman–Crippen MR) is 87.8 cm³/mol. The highest BCUT2D eigenvalue weighted by atomic mass is 19.1. The number of carbonyl (C=O) groups excluding carboxylic acids is 1. The monoisotopic (exact) mass is 331 g/mol. The molecular weight excluding hydrogens is 312 g/mol. The van der Waals surface area contributed by atoms with Gasteiger partial charge in [0.25, 0.3) is 0 Å². The first-order valence-corrected chi connectivity index (χ1v) is 8.03. The molecule has 0 unspecified atom stereocenters. The van der Waals surface area contributed by atoms with E-state index in [9.17, 15) is 13.6 Å². The molecule has 0 bridgehead atoms. The summed E-state index contributed by atoms with van der Waals surface area (Å²) in [6.07, 6.45) is 1.47. The number of halogens is 2. The molecule has 1 saturated heterocycles. The summed E-state index contributed by atoms with van der Waals surface area (Å²) in [6.45, 7) is 1.15. The molecule has 1 fully saturated rings. The van der Waals surface area contributed by atoms with Gasteiger partial charge in [0, 0.05) is 24.9 Å². The number of hydrogen-bond donors (Lipinski definition) is 0. The van der Waals surface area contributed by atoms with Crippen LogP contribution in [0.3, 0.4) is 0 Å². The Balaban J connectivity index is 1.87. The van der Waals surface area contributed by atoms with Crippen molar-refractivity contribution in [1.82, 2.24) is 0 Å². The molecule has 0 radical (unpaired) electrons. The fraction of sp³-hybridized carbons (Fsp3) is 0.316. The van der Waals surface area contributed by atoms with E-state index in [4.69, 9.17) is 4.74 Å². The maximum atomic E-state index is 13.6. The van der Waals surface area contributed by atoms with E-state index in [1.165, 1.54) is 24.3 Å². The normalized spacial score (nSPS) is 15.2. The van der Waals surface area contributed by atoms with Crippen molar-refractivity contribution < 1.29 is 18.3 Å². The minimum atomic E-state index is -0.386. The Labute approximate surface area is 139 Å². The molecule has 0 aromatic heterocycles. The second kappa shape index (κ2) is 7.53. The molecule has 0 N–H and O–H groups in total. The molecule has 2 aromatic carbocycles. The first-order chi connectivity index (χ1) is 11.6. The minimum Gasteiger partial charge on any atom is -0.381 e. The van der Waals surface area contributed by atoms with Crippen LogP contribution in [0.15, 0.2) is 48.5 Å². The van der Waals surface area contributed by atoms with Gasteiger partial charge in [-0.05, 0) is 48.7 Å². The topological polar surface area (TPSA) is 29.5 Å². The molecule has 126 valence electrons. The van der Waals surface area contributed by atoms with Crippen LogP contribution in [0.4, 0.5) is 14.5 Å². The largest absolute Gasteiger partial charge is 0.381 e. The number of amides is 1. The molecule has 0 saturated carbocycles. The molecule has 0 atom stereocenters. The van der Waals surface area contributed by atoms with Crippen molar-refractivity contribution in [2.75, 3.05) is 18.1 Å². The molecule has 1 amide bonds. The Kier molecular flexibility index (Phi) is 5.20. The summed E-state index contributed by atoms with van der Waals surface area (Å²) in [4.78, 5) is 14.5. The summed E-state index contributed by atoms with van der Waals surface area (Å²) >= 11 is 0. The van der Waals surface area contributed by atoms with Crippen LogP contribution >= 0.6 is 0 Å². The Morgan fingerprint density at radius 1 is 1.04 bits per heavy atom. The van der Waals surface area contributed by atoms with Gasteiger partial charge in [0.15, 0.2) is 0 Å². The molecule has 1 heterocycles. The first-order valence-electron chi connectivity index (χ1n) is 8.03. The molecule has 2 aromatic rings. The summed E-state index contributed by atoms with van der Waals surface area (Å²) in [5.74, 6) is -0.926. The third-order valence-corrected chi connectivity index (χ3v) is 4.16. The van der Waals surface area contributed by atoms with Gasteiger partial charge in [-0.1, -0.05) is 18.2 Å². The highest BCUT2D eigenvalue weighted by molar-refractivity contribution is 5.95. The lowest BCUT2D eigenvalue weighted by Gasteiger charge is -2.34. The van der Waals surface area contributed by atoms with Crippen LogP contribution in [0.25, 0.3) is 0 Å². The van der Waals surface area contributed by atoms with Crippen molar-refractivity contribution in [2.24, 2.45) is 0 Å². The summed E-state index contributed by atoms with van der Waals surface area (Å²) in [6, 6.07) is 12.0. The van der Waals surface area contributed by atoms with E-state index < -0.39 is 0 Å².